The molecule has 3 rings (SSSR count). The normalized spacial score (nSPS) is 18.0. The summed E-state index contributed by atoms with van der Waals surface area (Å²) >= 11 is 0. The number of hydrogen-bond acceptors (Lipinski definition) is 6. The van der Waals surface area contributed by atoms with Gasteiger partial charge in [0.1, 0.15) is 6.26 Å². The van der Waals surface area contributed by atoms with E-state index in [2.05, 4.69) is 25.3 Å². The lowest BCUT2D eigenvalue weighted by Gasteiger charge is -2.24. The number of carbonyl (C=O) groups is 1. The van der Waals surface area contributed by atoms with Crippen molar-refractivity contribution in [1.29, 1.82) is 0 Å². The molecule has 134 valence electrons. The van der Waals surface area contributed by atoms with Gasteiger partial charge in [0, 0.05) is 25.2 Å². The predicted octanol–water partition coefficient (Wildman–Crippen LogP) is 1.88. The van der Waals surface area contributed by atoms with Gasteiger partial charge in [-0.3, -0.25) is 4.79 Å². The van der Waals surface area contributed by atoms with Crippen LogP contribution in [0.25, 0.3) is 0 Å². The van der Waals surface area contributed by atoms with Gasteiger partial charge in [-0.15, -0.1) is 0 Å². The molecule has 8 heteroatoms. The molecule has 1 aliphatic rings. The van der Waals surface area contributed by atoms with Crippen LogP contribution in [0.4, 0.5) is 10.3 Å². The van der Waals surface area contributed by atoms with E-state index in [1.54, 1.807) is 0 Å². The molecule has 0 aromatic carbocycles. The Balaban J connectivity index is 1.53. The average molecular weight is 347 g/mol. The van der Waals surface area contributed by atoms with Crippen molar-refractivity contribution in [3.05, 3.63) is 35.7 Å². The van der Waals surface area contributed by atoms with Gasteiger partial charge in [0.25, 0.3) is 0 Å². The molecule has 2 aromatic rings. The molecular formula is C17H22FN5O2. The Kier molecular flexibility index (Phi) is 5.57. The molecule has 0 bridgehead atoms. The lowest BCUT2D eigenvalue weighted by atomic mass is 10.0. The maximum absolute atomic E-state index is 13.0. The maximum atomic E-state index is 13.0. The molecule has 1 N–H and O–H groups in total. The number of nitrogens with zero attached hydrogens (tertiary/aromatic N) is 4. The summed E-state index contributed by atoms with van der Waals surface area (Å²) in [7, 11) is 0. The third-order valence-corrected chi connectivity index (χ3v) is 4.45. The predicted molar refractivity (Wildman–Crippen MR) is 89.5 cm³/mol. The quantitative estimate of drug-likeness (QED) is 0.889. The van der Waals surface area contributed by atoms with E-state index in [1.165, 1.54) is 18.7 Å². The molecule has 1 amide bonds. The number of aryl methyl sites for hydroxylation is 1. The van der Waals surface area contributed by atoms with Crippen LogP contribution in [0.2, 0.25) is 0 Å². The van der Waals surface area contributed by atoms with E-state index < -0.39 is 5.82 Å². The Morgan fingerprint density at radius 1 is 1.40 bits per heavy atom. The van der Waals surface area contributed by atoms with Gasteiger partial charge in [0.05, 0.1) is 24.5 Å². The molecule has 0 saturated carbocycles. The molecular weight excluding hydrogens is 325 g/mol. The number of anilines is 1. The Hall–Kier alpha value is -2.51. The number of amides is 1. The monoisotopic (exact) mass is 347 g/mol. The van der Waals surface area contributed by atoms with Crippen LogP contribution in [0.1, 0.15) is 30.5 Å². The first-order valence-corrected chi connectivity index (χ1v) is 8.51. The van der Waals surface area contributed by atoms with Crippen LogP contribution in [0, 0.1) is 18.7 Å². The third-order valence-electron chi connectivity index (χ3n) is 4.45. The molecule has 3 heterocycles. The fourth-order valence-electron chi connectivity index (χ4n) is 3.02. The van der Waals surface area contributed by atoms with Gasteiger partial charge < -0.3 is 14.7 Å². The first-order chi connectivity index (χ1) is 12.1. The summed E-state index contributed by atoms with van der Waals surface area (Å²) in [5.41, 5.74) is 1.55. The zero-order chi connectivity index (χ0) is 17.6. The van der Waals surface area contributed by atoms with Crippen LogP contribution >= 0.6 is 0 Å². The highest BCUT2D eigenvalue weighted by Gasteiger charge is 2.21. The van der Waals surface area contributed by atoms with Gasteiger partial charge in [-0.25, -0.2) is 14.4 Å². The number of nitrogens with one attached hydrogen (secondary N) is 1. The Morgan fingerprint density at radius 2 is 2.20 bits per heavy atom. The largest absolute Gasteiger partial charge is 0.364 e. The van der Waals surface area contributed by atoms with Crippen molar-refractivity contribution in [3.63, 3.8) is 0 Å². The van der Waals surface area contributed by atoms with Gasteiger partial charge in [-0.1, -0.05) is 11.6 Å². The van der Waals surface area contributed by atoms with Crippen LogP contribution in [0.15, 0.2) is 23.2 Å². The molecule has 0 spiro atoms. The smallest absolute Gasteiger partial charge is 0.225 e. The minimum atomic E-state index is -0.439. The van der Waals surface area contributed by atoms with Crippen molar-refractivity contribution in [2.24, 2.45) is 5.92 Å². The van der Waals surface area contributed by atoms with Crippen molar-refractivity contribution < 1.29 is 13.7 Å². The van der Waals surface area contributed by atoms with E-state index in [1.807, 2.05) is 6.92 Å². The van der Waals surface area contributed by atoms with Crippen LogP contribution < -0.4 is 10.2 Å². The SMILES string of the molecule is Cc1nocc1CC(=O)NCC1CCCCN(c2ncc(F)cn2)C1. The fraction of sp³-hybridized carbons (Fsp3) is 0.529. The minimum Gasteiger partial charge on any atom is -0.364 e. The summed E-state index contributed by atoms with van der Waals surface area (Å²) in [6.45, 7) is 4.01. The first kappa shape index (κ1) is 17.3. The Bertz CT molecular complexity index is 703. The summed E-state index contributed by atoms with van der Waals surface area (Å²) < 4.78 is 17.9. The van der Waals surface area contributed by atoms with Crippen LogP contribution in [-0.2, 0) is 11.2 Å². The van der Waals surface area contributed by atoms with E-state index >= 15 is 0 Å². The summed E-state index contributed by atoms with van der Waals surface area (Å²) in [5.74, 6) is 0.370. The Labute approximate surface area is 145 Å². The number of aromatic nitrogens is 3. The van der Waals surface area contributed by atoms with E-state index in [4.69, 9.17) is 4.52 Å². The molecule has 1 fully saturated rings. The minimum absolute atomic E-state index is 0.0415. The zero-order valence-electron chi connectivity index (χ0n) is 14.2. The zero-order valence-corrected chi connectivity index (χ0v) is 14.2. The van der Waals surface area contributed by atoms with Crippen molar-refractivity contribution in [1.82, 2.24) is 20.4 Å². The number of halogens is 1. The molecule has 2 aromatic heterocycles. The summed E-state index contributed by atoms with van der Waals surface area (Å²) in [5, 5.41) is 6.77. The van der Waals surface area contributed by atoms with Crippen LogP contribution in [-0.4, -0.2) is 40.7 Å². The highest BCUT2D eigenvalue weighted by atomic mass is 19.1. The first-order valence-electron chi connectivity index (χ1n) is 8.51. The molecule has 1 aliphatic heterocycles. The molecule has 7 nitrogen and oxygen atoms in total. The van der Waals surface area contributed by atoms with Gasteiger partial charge in [-0.2, -0.15) is 0 Å². The lowest BCUT2D eigenvalue weighted by molar-refractivity contribution is -0.120. The highest BCUT2D eigenvalue weighted by molar-refractivity contribution is 5.78. The van der Waals surface area contributed by atoms with Crippen LogP contribution in [0.3, 0.4) is 0 Å². The van der Waals surface area contributed by atoms with Crippen LogP contribution in [0.5, 0.6) is 0 Å². The molecule has 0 aliphatic carbocycles. The second-order valence-corrected chi connectivity index (χ2v) is 6.42. The summed E-state index contributed by atoms with van der Waals surface area (Å²) in [6.07, 6.45) is 7.30. The fourth-order valence-corrected chi connectivity index (χ4v) is 3.02. The standard InChI is InChI=1S/C17H22FN5O2/c1-12-14(11-25-22-12)6-16(24)19-7-13-4-2-3-5-23(10-13)17-20-8-15(18)9-21-17/h8-9,11,13H,2-7,10H2,1H3,(H,19,24). The number of hydrogen-bond donors (Lipinski definition) is 1. The summed E-state index contributed by atoms with van der Waals surface area (Å²) in [4.78, 5) is 22.3. The van der Waals surface area contributed by atoms with Gasteiger partial charge >= 0.3 is 0 Å². The molecule has 1 unspecified atom stereocenters. The molecule has 25 heavy (non-hydrogen) atoms. The van der Waals surface area contributed by atoms with E-state index in [0.29, 0.717) is 18.4 Å². The molecule has 0 radical (unpaired) electrons. The van der Waals surface area contributed by atoms with Crippen molar-refractivity contribution >= 4 is 11.9 Å². The van der Waals surface area contributed by atoms with Crippen molar-refractivity contribution in [3.8, 4) is 0 Å². The van der Waals surface area contributed by atoms with E-state index in [0.717, 1.165) is 43.6 Å². The van der Waals surface area contributed by atoms with E-state index in [9.17, 15) is 9.18 Å². The Morgan fingerprint density at radius 3 is 2.92 bits per heavy atom. The third kappa shape index (κ3) is 4.74. The highest BCUT2D eigenvalue weighted by Crippen LogP contribution is 2.19. The average Bonchev–Trinajstić information content (AvgIpc) is 2.86. The van der Waals surface area contributed by atoms with Gasteiger partial charge in [0.2, 0.25) is 11.9 Å². The second-order valence-electron chi connectivity index (χ2n) is 6.42. The van der Waals surface area contributed by atoms with Gasteiger partial charge in [-0.05, 0) is 25.7 Å². The summed E-state index contributed by atoms with van der Waals surface area (Å²) in [6, 6.07) is 0. The number of carbonyl (C=O) groups excluding carboxylic acids is 1. The number of rotatable bonds is 5. The molecule has 1 saturated heterocycles. The molecule has 1 atom stereocenters. The van der Waals surface area contributed by atoms with Gasteiger partial charge in [0.15, 0.2) is 5.82 Å². The maximum Gasteiger partial charge on any atom is 0.225 e. The van der Waals surface area contributed by atoms with E-state index in [-0.39, 0.29) is 12.3 Å². The van der Waals surface area contributed by atoms with Crippen molar-refractivity contribution in [2.45, 2.75) is 32.6 Å². The lowest BCUT2D eigenvalue weighted by Crippen LogP contribution is -2.37. The second kappa shape index (κ2) is 8.04. The van der Waals surface area contributed by atoms with Crippen molar-refractivity contribution in [2.75, 3.05) is 24.5 Å². The topological polar surface area (TPSA) is 84.2 Å².